The Balaban J connectivity index is 1.28. The highest BCUT2D eigenvalue weighted by atomic mass is 19.1. The smallest absolute Gasteiger partial charge is 0.323 e. The largest absolute Gasteiger partial charge is 0.437 e. The molecule has 156 valence electrons. The molecule has 1 saturated carbocycles. The number of rotatable bonds is 5. The number of aryl methyl sites for hydroxylation is 1. The SMILES string of the molecule is Cn1c(C2CC2)nc2c(Oc3ccc(NC(=O)Nc4ccc(F)cc4)cc3)ncnc21. The molecule has 2 N–H and O–H groups in total. The topological polar surface area (TPSA) is 94.0 Å². The molecule has 1 fully saturated rings. The zero-order valence-corrected chi connectivity index (χ0v) is 16.7. The molecule has 8 nitrogen and oxygen atoms in total. The fourth-order valence-electron chi connectivity index (χ4n) is 3.32. The number of nitrogens with zero attached hydrogens (tertiary/aromatic N) is 4. The number of hydrogen-bond donors (Lipinski definition) is 2. The van der Waals surface area contributed by atoms with Crippen LogP contribution in [0.5, 0.6) is 11.6 Å². The molecule has 5 rings (SSSR count). The van der Waals surface area contributed by atoms with E-state index in [9.17, 15) is 9.18 Å². The molecule has 2 aromatic carbocycles. The second kappa shape index (κ2) is 7.67. The molecule has 31 heavy (non-hydrogen) atoms. The van der Waals surface area contributed by atoms with E-state index in [1.807, 2.05) is 11.6 Å². The Morgan fingerprint density at radius 3 is 2.32 bits per heavy atom. The van der Waals surface area contributed by atoms with Crippen LogP contribution in [0.3, 0.4) is 0 Å². The molecule has 1 aliphatic rings. The summed E-state index contributed by atoms with van der Waals surface area (Å²) in [4.78, 5) is 25.4. The summed E-state index contributed by atoms with van der Waals surface area (Å²) in [5.41, 5.74) is 2.44. The Kier molecular flexibility index (Phi) is 4.70. The van der Waals surface area contributed by atoms with Crippen LogP contribution in [-0.2, 0) is 7.05 Å². The Hall–Kier alpha value is -4.01. The number of amides is 2. The Morgan fingerprint density at radius 1 is 1.03 bits per heavy atom. The van der Waals surface area contributed by atoms with Gasteiger partial charge in [-0.15, -0.1) is 0 Å². The normalized spacial score (nSPS) is 13.2. The van der Waals surface area contributed by atoms with Gasteiger partial charge in [-0.3, -0.25) is 0 Å². The van der Waals surface area contributed by atoms with Crippen molar-refractivity contribution in [1.29, 1.82) is 0 Å². The van der Waals surface area contributed by atoms with Crippen molar-refractivity contribution in [2.75, 3.05) is 10.6 Å². The van der Waals surface area contributed by atoms with Crippen molar-refractivity contribution >= 4 is 28.6 Å². The maximum absolute atomic E-state index is 13.0. The van der Waals surface area contributed by atoms with Gasteiger partial charge in [-0.05, 0) is 61.4 Å². The fraction of sp³-hybridized carbons (Fsp3) is 0.182. The summed E-state index contributed by atoms with van der Waals surface area (Å²) in [6.07, 6.45) is 3.75. The van der Waals surface area contributed by atoms with Crippen molar-refractivity contribution in [1.82, 2.24) is 19.5 Å². The summed E-state index contributed by atoms with van der Waals surface area (Å²) in [5.74, 6) is 2.08. The molecular weight excluding hydrogens is 399 g/mol. The van der Waals surface area contributed by atoms with E-state index in [0.717, 1.165) is 24.3 Å². The minimum absolute atomic E-state index is 0.364. The first-order valence-electron chi connectivity index (χ1n) is 9.85. The van der Waals surface area contributed by atoms with Gasteiger partial charge in [0.15, 0.2) is 11.2 Å². The third kappa shape index (κ3) is 4.02. The van der Waals surface area contributed by atoms with Crippen molar-refractivity contribution in [3.63, 3.8) is 0 Å². The lowest BCUT2D eigenvalue weighted by molar-refractivity contribution is 0.262. The highest BCUT2D eigenvalue weighted by Gasteiger charge is 2.30. The maximum Gasteiger partial charge on any atom is 0.323 e. The van der Waals surface area contributed by atoms with Gasteiger partial charge in [-0.2, -0.15) is 4.98 Å². The van der Waals surface area contributed by atoms with Crippen LogP contribution in [-0.4, -0.2) is 25.6 Å². The summed E-state index contributed by atoms with van der Waals surface area (Å²) >= 11 is 0. The van der Waals surface area contributed by atoms with Crippen molar-refractivity contribution in [3.05, 3.63) is 66.5 Å². The summed E-state index contributed by atoms with van der Waals surface area (Å²) in [5, 5.41) is 5.35. The first kappa shape index (κ1) is 19.0. The molecule has 0 saturated heterocycles. The molecule has 1 aliphatic carbocycles. The number of aromatic nitrogens is 4. The van der Waals surface area contributed by atoms with Crippen molar-refractivity contribution in [3.8, 4) is 11.6 Å². The minimum Gasteiger partial charge on any atom is -0.437 e. The summed E-state index contributed by atoms with van der Waals surface area (Å²) in [6.45, 7) is 0. The molecule has 2 amide bonds. The molecule has 0 atom stereocenters. The maximum atomic E-state index is 13.0. The molecule has 4 aromatic rings. The van der Waals surface area contributed by atoms with E-state index >= 15 is 0 Å². The molecule has 0 spiro atoms. The molecule has 2 heterocycles. The predicted octanol–water partition coefficient (Wildman–Crippen LogP) is 4.82. The van der Waals surface area contributed by atoms with E-state index in [1.165, 1.54) is 30.6 Å². The number of imidazole rings is 1. The molecule has 2 aromatic heterocycles. The zero-order chi connectivity index (χ0) is 21.4. The van der Waals surface area contributed by atoms with Gasteiger partial charge in [0, 0.05) is 24.3 Å². The lowest BCUT2D eigenvalue weighted by Crippen LogP contribution is -2.19. The van der Waals surface area contributed by atoms with Crippen LogP contribution in [0.4, 0.5) is 20.6 Å². The number of ether oxygens (including phenoxy) is 1. The van der Waals surface area contributed by atoms with Crippen LogP contribution < -0.4 is 15.4 Å². The van der Waals surface area contributed by atoms with Crippen LogP contribution in [0.25, 0.3) is 11.2 Å². The van der Waals surface area contributed by atoms with Crippen LogP contribution in [0.15, 0.2) is 54.9 Å². The lowest BCUT2D eigenvalue weighted by Gasteiger charge is -2.09. The van der Waals surface area contributed by atoms with Crippen molar-refractivity contribution in [2.24, 2.45) is 7.05 Å². The average Bonchev–Trinajstić information content (AvgIpc) is 3.55. The van der Waals surface area contributed by atoms with E-state index in [0.29, 0.717) is 34.4 Å². The Bertz CT molecular complexity index is 1250. The number of carbonyl (C=O) groups is 1. The average molecular weight is 418 g/mol. The quantitative estimate of drug-likeness (QED) is 0.485. The van der Waals surface area contributed by atoms with Crippen LogP contribution in [0.1, 0.15) is 24.6 Å². The van der Waals surface area contributed by atoms with Crippen LogP contribution >= 0.6 is 0 Å². The van der Waals surface area contributed by atoms with Gasteiger partial charge in [0.05, 0.1) is 0 Å². The number of nitrogens with one attached hydrogen (secondary N) is 2. The predicted molar refractivity (Wildman–Crippen MR) is 114 cm³/mol. The lowest BCUT2D eigenvalue weighted by atomic mass is 10.3. The number of benzene rings is 2. The number of halogens is 1. The van der Waals surface area contributed by atoms with E-state index in [1.54, 1.807) is 24.3 Å². The van der Waals surface area contributed by atoms with Gasteiger partial charge in [0.2, 0.25) is 0 Å². The first-order valence-corrected chi connectivity index (χ1v) is 9.85. The molecular formula is C22H19FN6O2. The van der Waals surface area contributed by atoms with Crippen molar-refractivity contribution < 1.29 is 13.9 Å². The van der Waals surface area contributed by atoms with Gasteiger partial charge in [-0.25, -0.2) is 19.2 Å². The number of carbonyl (C=O) groups excluding carboxylic acids is 1. The zero-order valence-electron chi connectivity index (χ0n) is 16.7. The highest BCUT2D eigenvalue weighted by molar-refractivity contribution is 5.99. The molecule has 9 heteroatoms. The van der Waals surface area contributed by atoms with Gasteiger partial charge >= 0.3 is 6.03 Å². The van der Waals surface area contributed by atoms with Gasteiger partial charge in [0.1, 0.15) is 23.7 Å². The number of fused-ring (bicyclic) bond motifs is 1. The van der Waals surface area contributed by atoms with Gasteiger partial charge in [0.25, 0.3) is 5.88 Å². The number of urea groups is 1. The van der Waals surface area contributed by atoms with E-state index in [2.05, 4.69) is 20.6 Å². The standard InChI is InChI=1S/C22H19FN6O2/c1-29-19(13-2-3-13)28-18-20(29)24-12-25-21(18)31-17-10-8-16(9-11-17)27-22(30)26-15-6-4-14(23)5-7-15/h4-13H,2-3H2,1H3,(H2,26,27,30). The molecule has 0 aliphatic heterocycles. The molecule has 0 radical (unpaired) electrons. The monoisotopic (exact) mass is 418 g/mol. The number of anilines is 2. The highest BCUT2D eigenvalue weighted by Crippen LogP contribution is 2.41. The first-order chi connectivity index (χ1) is 15.1. The second-order valence-corrected chi connectivity index (χ2v) is 7.37. The van der Waals surface area contributed by atoms with E-state index < -0.39 is 6.03 Å². The number of hydrogen-bond acceptors (Lipinski definition) is 5. The summed E-state index contributed by atoms with van der Waals surface area (Å²) < 4.78 is 20.9. The van der Waals surface area contributed by atoms with Gasteiger partial charge in [-0.1, -0.05) is 0 Å². The second-order valence-electron chi connectivity index (χ2n) is 7.37. The van der Waals surface area contributed by atoms with Crippen LogP contribution in [0, 0.1) is 5.82 Å². The van der Waals surface area contributed by atoms with E-state index in [-0.39, 0.29) is 5.82 Å². The molecule has 0 unspecified atom stereocenters. The summed E-state index contributed by atoms with van der Waals surface area (Å²) in [6, 6.07) is 12.0. The molecule has 0 bridgehead atoms. The third-order valence-electron chi connectivity index (χ3n) is 5.03. The fourth-order valence-corrected chi connectivity index (χ4v) is 3.32. The Labute approximate surface area is 177 Å². The van der Waals surface area contributed by atoms with Crippen LogP contribution in [0.2, 0.25) is 0 Å². The Morgan fingerprint density at radius 2 is 1.68 bits per heavy atom. The van der Waals surface area contributed by atoms with Crippen molar-refractivity contribution in [2.45, 2.75) is 18.8 Å². The summed E-state index contributed by atoms with van der Waals surface area (Å²) in [7, 11) is 1.96. The van der Waals surface area contributed by atoms with E-state index in [4.69, 9.17) is 9.72 Å². The van der Waals surface area contributed by atoms with Gasteiger partial charge < -0.3 is 19.9 Å². The minimum atomic E-state index is -0.432. The third-order valence-corrected chi connectivity index (χ3v) is 5.03.